The second-order valence-electron chi connectivity index (χ2n) is 6.66. The molecule has 0 aliphatic heterocycles. The summed E-state index contributed by atoms with van der Waals surface area (Å²) < 4.78 is 40.8. The zero-order valence-electron chi connectivity index (χ0n) is 15.6. The third-order valence-electron chi connectivity index (χ3n) is 4.54. The summed E-state index contributed by atoms with van der Waals surface area (Å²) in [6, 6.07) is 10.5. The molecule has 0 aliphatic carbocycles. The molecule has 0 bridgehead atoms. The maximum absolute atomic E-state index is 14.1. The van der Waals surface area contributed by atoms with Crippen LogP contribution < -0.4 is 5.56 Å². The van der Waals surface area contributed by atoms with E-state index in [1.807, 2.05) is 26.0 Å². The fourth-order valence-corrected chi connectivity index (χ4v) is 4.69. The number of aliphatic hydroxyl groups excluding tert-OH is 1. The number of hydrogen-bond acceptors (Lipinski definition) is 4. The average molecular weight is 404 g/mol. The van der Waals surface area contributed by atoms with Gasteiger partial charge in [-0.15, -0.1) is 0 Å². The lowest BCUT2D eigenvalue weighted by Gasteiger charge is -2.21. The van der Waals surface area contributed by atoms with Gasteiger partial charge in [-0.05, 0) is 49.2 Å². The first-order valence-corrected chi connectivity index (χ1v) is 10.2. The Morgan fingerprint density at radius 3 is 2.54 bits per heavy atom. The van der Waals surface area contributed by atoms with Gasteiger partial charge in [0.25, 0.3) is 5.56 Å². The zero-order valence-corrected chi connectivity index (χ0v) is 16.4. The summed E-state index contributed by atoms with van der Waals surface area (Å²) in [4.78, 5) is 14.8. The lowest BCUT2D eigenvalue weighted by Crippen LogP contribution is -2.35. The van der Waals surface area contributed by atoms with Crippen LogP contribution in [0.4, 0.5) is 4.39 Å². The number of pyridine rings is 1. The Kier molecular flexibility index (Phi) is 5.64. The zero-order chi connectivity index (χ0) is 20.5. The number of benzene rings is 2. The molecule has 0 amide bonds. The quantitative estimate of drug-likeness (QED) is 0.660. The Balaban J connectivity index is 2.07. The molecule has 0 saturated carbocycles. The van der Waals surface area contributed by atoms with Gasteiger partial charge in [-0.3, -0.25) is 4.79 Å². The molecule has 0 spiro atoms. The maximum Gasteiger partial charge on any atom is 0.252 e. The maximum atomic E-state index is 14.1. The summed E-state index contributed by atoms with van der Waals surface area (Å²) in [6.45, 7) is 2.82. The van der Waals surface area contributed by atoms with Crippen molar-refractivity contribution in [2.45, 2.75) is 25.3 Å². The largest absolute Gasteiger partial charge is 0.395 e. The molecule has 0 aliphatic rings. The molecule has 8 heteroatoms. The summed E-state index contributed by atoms with van der Waals surface area (Å²) in [5.74, 6) is -0.885. The summed E-state index contributed by atoms with van der Waals surface area (Å²) in [6.07, 6.45) is 0. The van der Waals surface area contributed by atoms with E-state index in [4.69, 9.17) is 0 Å². The molecule has 0 unspecified atom stereocenters. The van der Waals surface area contributed by atoms with Crippen molar-refractivity contribution >= 4 is 20.9 Å². The molecular formula is C20H21FN2O4S. The molecule has 0 radical (unpaired) electrons. The normalized spacial score (nSPS) is 12.0. The predicted octanol–water partition coefficient (Wildman–Crippen LogP) is 2.47. The van der Waals surface area contributed by atoms with Gasteiger partial charge in [-0.25, -0.2) is 12.8 Å². The molecule has 0 atom stereocenters. The van der Waals surface area contributed by atoms with E-state index in [1.165, 1.54) is 12.1 Å². The number of aryl methyl sites for hydroxylation is 2. The van der Waals surface area contributed by atoms with Crippen LogP contribution in [0.2, 0.25) is 0 Å². The van der Waals surface area contributed by atoms with Gasteiger partial charge in [0.2, 0.25) is 10.0 Å². The predicted molar refractivity (Wildman–Crippen MR) is 105 cm³/mol. The van der Waals surface area contributed by atoms with Crippen molar-refractivity contribution in [3.8, 4) is 0 Å². The number of aromatic nitrogens is 1. The average Bonchev–Trinajstić information content (AvgIpc) is 2.62. The van der Waals surface area contributed by atoms with Crippen LogP contribution in [-0.2, 0) is 16.6 Å². The second kappa shape index (κ2) is 7.83. The van der Waals surface area contributed by atoms with Crippen molar-refractivity contribution in [3.05, 3.63) is 75.3 Å². The van der Waals surface area contributed by atoms with Crippen LogP contribution in [0.1, 0.15) is 16.7 Å². The number of hydrogen-bond donors (Lipinski definition) is 2. The Morgan fingerprint density at radius 1 is 1.14 bits per heavy atom. The van der Waals surface area contributed by atoms with E-state index in [1.54, 1.807) is 6.07 Å². The highest BCUT2D eigenvalue weighted by Crippen LogP contribution is 2.22. The second-order valence-corrected chi connectivity index (χ2v) is 8.57. The third-order valence-corrected chi connectivity index (χ3v) is 6.42. The van der Waals surface area contributed by atoms with Gasteiger partial charge >= 0.3 is 0 Å². The highest BCUT2D eigenvalue weighted by Gasteiger charge is 2.28. The van der Waals surface area contributed by atoms with E-state index in [-0.39, 0.29) is 18.7 Å². The highest BCUT2D eigenvalue weighted by atomic mass is 32.2. The highest BCUT2D eigenvalue weighted by molar-refractivity contribution is 7.89. The van der Waals surface area contributed by atoms with Crippen LogP contribution in [0.25, 0.3) is 10.9 Å². The number of nitrogens with one attached hydrogen (secondary N) is 1. The number of H-pyrrole nitrogens is 1. The van der Waals surface area contributed by atoms with Crippen LogP contribution in [0.5, 0.6) is 0 Å². The first kappa shape index (κ1) is 20.2. The van der Waals surface area contributed by atoms with Crippen molar-refractivity contribution in [1.29, 1.82) is 0 Å². The van der Waals surface area contributed by atoms with Gasteiger partial charge in [0.1, 0.15) is 10.7 Å². The van der Waals surface area contributed by atoms with Crippen molar-refractivity contribution in [3.63, 3.8) is 0 Å². The van der Waals surface area contributed by atoms with E-state index >= 15 is 0 Å². The van der Waals surface area contributed by atoms with E-state index < -0.39 is 32.9 Å². The Labute approximate surface area is 162 Å². The van der Waals surface area contributed by atoms with Crippen LogP contribution in [0, 0.1) is 19.7 Å². The van der Waals surface area contributed by atoms with Gasteiger partial charge in [-0.1, -0.05) is 18.2 Å². The smallest absolute Gasteiger partial charge is 0.252 e. The van der Waals surface area contributed by atoms with Gasteiger partial charge in [0.15, 0.2) is 0 Å². The van der Waals surface area contributed by atoms with Gasteiger partial charge in [0.05, 0.1) is 6.61 Å². The summed E-state index contributed by atoms with van der Waals surface area (Å²) in [7, 11) is -4.23. The molecular weight excluding hydrogens is 383 g/mol. The van der Waals surface area contributed by atoms with E-state index in [0.717, 1.165) is 33.0 Å². The van der Waals surface area contributed by atoms with Crippen molar-refractivity contribution in [2.75, 3.05) is 13.2 Å². The molecule has 148 valence electrons. The molecule has 3 aromatic rings. The fraction of sp³-hybridized carbons (Fsp3) is 0.250. The molecule has 2 N–H and O–H groups in total. The van der Waals surface area contributed by atoms with E-state index in [2.05, 4.69) is 4.98 Å². The third kappa shape index (κ3) is 3.84. The number of aromatic amines is 1. The van der Waals surface area contributed by atoms with Crippen LogP contribution in [0.15, 0.2) is 52.2 Å². The molecule has 3 rings (SSSR count). The first-order chi connectivity index (χ1) is 13.2. The van der Waals surface area contributed by atoms with E-state index in [9.17, 15) is 22.7 Å². The standard InChI is InChI=1S/C20H21FN2O4S/c1-13-9-14(2)16-11-15(20(25)22-18(16)10-13)12-23(7-8-24)28(26,27)19-6-4-3-5-17(19)21/h3-6,9-11,24H,7-8,12H2,1-2H3,(H,22,25). The fourth-order valence-electron chi connectivity index (χ4n) is 3.21. The Bertz CT molecular complexity index is 1190. The lowest BCUT2D eigenvalue weighted by molar-refractivity contribution is 0.250. The molecule has 1 heterocycles. The van der Waals surface area contributed by atoms with Gasteiger partial charge in [-0.2, -0.15) is 4.31 Å². The molecule has 1 aromatic heterocycles. The number of sulfonamides is 1. The number of nitrogens with zero attached hydrogens (tertiary/aromatic N) is 1. The van der Waals surface area contributed by atoms with Gasteiger partial charge in [0, 0.05) is 29.6 Å². The minimum absolute atomic E-state index is 0.216. The van der Waals surface area contributed by atoms with Crippen LogP contribution >= 0.6 is 0 Å². The molecule has 0 saturated heterocycles. The number of rotatable bonds is 6. The van der Waals surface area contributed by atoms with Gasteiger partial charge < -0.3 is 10.1 Å². The SMILES string of the molecule is Cc1cc(C)c2cc(CN(CCO)S(=O)(=O)c3ccccc3F)c(=O)[nH]c2c1. The summed E-state index contributed by atoms with van der Waals surface area (Å²) in [5, 5.41) is 10.1. The summed E-state index contributed by atoms with van der Waals surface area (Å²) in [5.41, 5.74) is 2.39. The minimum Gasteiger partial charge on any atom is -0.395 e. The number of aliphatic hydroxyl groups is 1. The van der Waals surface area contributed by atoms with Crippen molar-refractivity contribution in [2.24, 2.45) is 0 Å². The molecule has 0 fully saturated rings. The summed E-state index contributed by atoms with van der Waals surface area (Å²) >= 11 is 0. The first-order valence-electron chi connectivity index (χ1n) is 8.72. The topological polar surface area (TPSA) is 90.5 Å². The molecule has 28 heavy (non-hydrogen) atoms. The lowest BCUT2D eigenvalue weighted by atomic mass is 10.0. The van der Waals surface area contributed by atoms with Crippen LogP contribution in [0.3, 0.4) is 0 Å². The van der Waals surface area contributed by atoms with Crippen molar-refractivity contribution < 1.29 is 17.9 Å². The van der Waals surface area contributed by atoms with Crippen molar-refractivity contribution in [1.82, 2.24) is 9.29 Å². The molecule has 6 nitrogen and oxygen atoms in total. The monoisotopic (exact) mass is 404 g/mol. The van der Waals surface area contributed by atoms with Crippen LogP contribution in [-0.4, -0.2) is 36.0 Å². The minimum atomic E-state index is -4.23. The Hall–Kier alpha value is -2.55. The Morgan fingerprint density at radius 2 is 1.86 bits per heavy atom. The molecule has 2 aromatic carbocycles. The van der Waals surface area contributed by atoms with E-state index in [0.29, 0.717) is 5.52 Å². The number of fused-ring (bicyclic) bond motifs is 1. The number of halogens is 1.